The zero-order chi connectivity index (χ0) is 30.7. The highest BCUT2D eigenvalue weighted by molar-refractivity contribution is 5.79. The molecule has 0 aliphatic rings. The van der Waals surface area contributed by atoms with Crippen LogP contribution in [0.15, 0.2) is 84.6 Å². The summed E-state index contributed by atoms with van der Waals surface area (Å²) in [5.41, 5.74) is 1.10. The van der Waals surface area contributed by atoms with Crippen molar-refractivity contribution in [3.8, 4) is 17.2 Å². The minimum atomic E-state index is -4.34. The number of halogens is 3. The van der Waals surface area contributed by atoms with E-state index in [1.807, 2.05) is 24.3 Å². The molecule has 0 atom stereocenters. The van der Waals surface area contributed by atoms with Gasteiger partial charge >= 0.3 is 6.18 Å². The van der Waals surface area contributed by atoms with Gasteiger partial charge in [-0.25, -0.2) is 4.98 Å². The van der Waals surface area contributed by atoms with Crippen molar-refractivity contribution in [1.82, 2.24) is 14.5 Å². The van der Waals surface area contributed by atoms with E-state index in [1.165, 1.54) is 17.0 Å². The van der Waals surface area contributed by atoms with Crippen LogP contribution in [0.25, 0.3) is 10.9 Å². The molecule has 0 bridgehead atoms. The van der Waals surface area contributed by atoms with Crippen molar-refractivity contribution in [2.45, 2.75) is 20.0 Å². The van der Waals surface area contributed by atoms with E-state index >= 15 is 0 Å². The molecule has 8 nitrogen and oxygen atoms in total. The Morgan fingerprint density at radius 2 is 1.79 bits per heavy atom. The molecule has 1 heterocycles. The molecule has 1 aromatic heterocycles. The molecule has 0 amide bonds. The van der Waals surface area contributed by atoms with Crippen molar-refractivity contribution in [1.29, 1.82) is 0 Å². The summed E-state index contributed by atoms with van der Waals surface area (Å²) in [6.45, 7) is 10.8. The minimum absolute atomic E-state index is 0.0995. The normalized spacial score (nSPS) is 11.0. The largest absolute Gasteiger partial charge is 0.490 e. The number of aromatic nitrogens is 2. The number of ether oxygens (including phenoxy) is 2. The molecular formula is C31H36F3N5O3. The zero-order valence-corrected chi connectivity index (χ0v) is 24.2. The molecular weight excluding hydrogens is 547 g/mol. The van der Waals surface area contributed by atoms with E-state index < -0.39 is 11.7 Å². The maximum atomic E-state index is 12.6. The Hall–Kier alpha value is -4.51. The van der Waals surface area contributed by atoms with Crippen LogP contribution in [0.2, 0.25) is 0 Å². The third-order valence-corrected chi connectivity index (χ3v) is 6.36. The van der Waals surface area contributed by atoms with Gasteiger partial charge in [0.05, 0.1) is 28.5 Å². The fourth-order valence-corrected chi connectivity index (χ4v) is 4.01. The molecule has 0 radical (unpaired) electrons. The lowest BCUT2D eigenvalue weighted by molar-refractivity contribution is -0.137. The van der Waals surface area contributed by atoms with E-state index in [9.17, 15) is 18.0 Å². The monoisotopic (exact) mass is 583 g/mol. The molecule has 2 N–H and O–H groups in total. The lowest BCUT2D eigenvalue weighted by Crippen LogP contribution is -2.28. The minimum Gasteiger partial charge on any atom is -0.490 e. The van der Waals surface area contributed by atoms with Crippen molar-refractivity contribution in [2.24, 2.45) is 7.05 Å². The summed E-state index contributed by atoms with van der Waals surface area (Å²) in [5, 5.41) is 6.27. The number of hydrogen-bond acceptors (Lipinski definition) is 7. The van der Waals surface area contributed by atoms with Gasteiger partial charge in [0.15, 0.2) is 0 Å². The predicted octanol–water partition coefficient (Wildman–Crippen LogP) is 6.75. The van der Waals surface area contributed by atoms with E-state index in [1.54, 1.807) is 38.5 Å². The Balaban J connectivity index is 0.000000232. The molecule has 0 saturated heterocycles. The lowest BCUT2D eigenvalue weighted by Gasteiger charge is -2.19. The van der Waals surface area contributed by atoms with Gasteiger partial charge in [-0.15, -0.1) is 0 Å². The molecule has 11 heteroatoms. The maximum Gasteiger partial charge on any atom is 0.416 e. The highest BCUT2D eigenvalue weighted by Crippen LogP contribution is 2.34. The molecule has 224 valence electrons. The molecule has 3 aromatic carbocycles. The smallest absolute Gasteiger partial charge is 0.416 e. The second-order valence-corrected chi connectivity index (χ2v) is 9.15. The first-order chi connectivity index (χ1) is 20.1. The topological polar surface area (TPSA) is 80.7 Å². The summed E-state index contributed by atoms with van der Waals surface area (Å²) in [6.07, 6.45) is -1.23. The highest BCUT2D eigenvalue weighted by atomic mass is 19.4. The highest BCUT2D eigenvalue weighted by Gasteiger charge is 2.31. The molecule has 4 aromatic rings. The van der Waals surface area contributed by atoms with Crippen LogP contribution >= 0.6 is 0 Å². The second-order valence-electron chi connectivity index (χ2n) is 9.15. The Bertz CT molecular complexity index is 1530. The van der Waals surface area contributed by atoms with E-state index in [4.69, 9.17) is 9.47 Å². The summed E-state index contributed by atoms with van der Waals surface area (Å²) < 4.78 is 50.7. The first-order valence-corrected chi connectivity index (χ1v) is 13.4. The van der Waals surface area contributed by atoms with Crippen LogP contribution in [0.5, 0.6) is 17.2 Å². The van der Waals surface area contributed by atoms with Crippen LogP contribution in [0.4, 0.5) is 24.5 Å². The van der Waals surface area contributed by atoms with Crippen LogP contribution in [-0.2, 0) is 13.2 Å². The van der Waals surface area contributed by atoms with E-state index in [0.29, 0.717) is 40.4 Å². The fourth-order valence-electron chi connectivity index (χ4n) is 4.01. The van der Waals surface area contributed by atoms with Crippen molar-refractivity contribution < 1.29 is 22.6 Å². The van der Waals surface area contributed by atoms with Crippen molar-refractivity contribution in [3.63, 3.8) is 0 Å². The summed E-state index contributed by atoms with van der Waals surface area (Å²) in [6, 6.07) is 16.2. The standard InChI is InChI=1S/C17H15N3O2.C14H21F3N2O/c1-3-18-12-5-4-6-13(9-12)22-14-7-8-16-15(10-14)17(21)20(2)11-19-16;1-4-19(5-2)8-9-20-13-7-6-11(14(15,16)17)10-12(13)18-3/h3-11,18H,1H2,2H3;6-7,10,18H,4-5,8-9H2,1-3H3. The molecule has 0 unspecified atom stereocenters. The van der Waals surface area contributed by atoms with E-state index in [0.717, 1.165) is 37.5 Å². The van der Waals surface area contributed by atoms with Crippen molar-refractivity contribution >= 4 is 22.3 Å². The van der Waals surface area contributed by atoms with Gasteiger partial charge in [-0.2, -0.15) is 13.2 Å². The quantitative estimate of drug-likeness (QED) is 0.202. The summed E-state index contributed by atoms with van der Waals surface area (Å²) in [7, 11) is 3.25. The predicted molar refractivity (Wildman–Crippen MR) is 162 cm³/mol. The SMILES string of the molecule is C=CNc1cccc(Oc2ccc3ncn(C)c(=O)c3c2)c1.CCN(CC)CCOc1ccc(C(F)(F)F)cc1NC. The van der Waals surface area contributed by atoms with Gasteiger partial charge in [0, 0.05) is 32.4 Å². The van der Waals surface area contributed by atoms with Crippen LogP contribution in [0.3, 0.4) is 0 Å². The van der Waals surface area contributed by atoms with Gasteiger partial charge in [0.1, 0.15) is 23.9 Å². The van der Waals surface area contributed by atoms with Gasteiger partial charge in [0.25, 0.3) is 5.56 Å². The Morgan fingerprint density at radius 3 is 2.45 bits per heavy atom. The average Bonchev–Trinajstić information content (AvgIpc) is 2.98. The number of aryl methyl sites for hydroxylation is 1. The number of nitrogens with one attached hydrogen (secondary N) is 2. The Kier molecular flexibility index (Phi) is 11.4. The van der Waals surface area contributed by atoms with Crippen molar-refractivity contribution in [3.05, 3.63) is 95.7 Å². The summed E-state index contributed by atoms with van der Waals surface area (Å²) >= 11 is 0. The number of rotatable bonds is 11. The second kappa shape index (κ2) is 14.9. The van der Waals surface area contributed by atoms with Crippen LogP contribution in [-0.4, -0.2) is 47.7 Å². The van der Waals surface area contributed by atoms with Crippen LogP contribution < -0.4 is 25.7 Å². The van der Waals surface area contributed by atoms with Crippen molar-refractivity contribution in [2.75, 3.05) is 43.9 Å². The summed E-state index contributed by atoms with van der Waals surface area (Å²) in [5.74, 6) is 1.70. The molecule has 42 heavy (non-hydrogen) atoms. The number of alkyl halides is 3. The molecule has 0 spiro atoms. The third-order valence-electron chi connectivity index (χ3n) is 6.36. The van der Waals surface area contributed by atoms with E-state index in [2.05, 4.69) is 40.9 Å². The fraction of sp³-hybridized carbons (Fsp3) is 0.290. The molecule has 0 aliphatic heterocycles. The Morgan fingerprint density at radius 1 is 1.05 bits per heavy atom. The molecule has 0 fully saturated rings. The number of fused-ring (bicyclic) bond motifs is 1. The maximum absolute atomic E-state index is 12.6. The van der Waals surface area contributed by atoms with Crippen LogP contribution in [0.1, 0.15) is 19.4 Å². The molecule has 4 rings (SSSR count). The summed E-state index contributed by atoms with van der Waals surface area (Å²) in [4.78, 5) is 18.5. The first-order valence-electron chi connectivity index (χ1n) is 13.4. The third kappa shape index (κ3) is 8.74. The zero-order valence-electron chi connectivity index (χ0n) is 24.2. The van der Waals surface area contributed by atoms with Gasteiger partial charge in [-0.1, -0.05) is 26.5 Å². The number of hydrogen-bond donors (Lipinski definition) is 2. The first kappa shape index (κ1) is 32.0. The number of benzene rings is 3. The van der Waals surface area contributed by atoms with Crippen LogP contribution in [0, 0.1) is 0 Å². The number of likely N-dealkylation sites (N-methyl/N-ethyl adjacent to an activating group) is 1. The Labute approximate surface area is 243 Å². The van der Waals surface area contributed by atoms with E-state index in [-0.39, 0.29) is 5.56 Å². The van der Waals surface area contributed by atoms with Gasteiger partial charge < -0.3 is 29.6 Å². The lowest BCUT2D eigenvalue weighted by atomic mass is 10.2. The van der Waals surface area contributed by atoms with Gasteiger partial charge in [0.2, 0.25) is 0 Å². The van der Waals surface area contributed by atoms with Gasteiger partial charge in [-0.3, -0.25) is 4.79 Å². The van der Waals surface area contributed by atoms with Gasteiger partial charge in [-0.05, 0) is 67.8 Å². The number of nitrogens with zero attached hydrogens (tertiary/aromatic N) is 3. The number of anilines is 2. The molecule has 0 aliphatic carbocycles. The molecule has 0 saturated carbocycles. The average molecular weight is 584 g/mol.